The molecule has 0 saturated carbocycles. The van der Waals surface area contributed by atoms with Gasteiger partial charge in [0, 0.05) is 18.0 Å². The van der Waals surface area contributed by atoms with Crippen LogP contribution in [0.1, 0.15) is 51.6 Å². The number of aryl methyl sites for hydroxylation is 2. The van der Waals surface area contributed by atoms with Crippen molar-refractivity contribution in [3.8, 4) is 0 Å². The first-order valence-electron chi connectivity index (χ1n) is 9.54. The van der Waals surface area contributed by atoms with E-state index in [2.05, 4.69) is 54.5 Å². The first-order chi connectivity index (χ1) is 13.0. The van der Waals surface area contributed by atoms with Crippen molar-refractivity contribution in [2.45, 2.75) is 39.8 Å². The van der Waals surface area contributed by atoms with Gasteiger partial charge < -0.3 is 5.32 Å². The van der Waals surface area contributed by atoms with Crippen LogP contribution in [0.3, 0.4) is 0 Å². The van der Waals surface area contributed by atoms with Gasteiger partial charge in [0.1, 0.15) is 0 Å². The van der Waals surface area contributed by atoms with E-state index in [0.717, 1.165) is 23.3 Å². The largest absolute Gasteiger partial charge is 0.320 e. The van der Waals surface area contributed by atoms with E-state index in [4.69, 9.17) is 0 Å². The van der Waals surface area contributed by atoms with Crippen LogP contribution in [0, 0.1) is 13.8 Å². The van der Waals surface area contributed by atoms with Crippen LogP contribution in [0.4, 0.5) is 0 Å². The molecule has 0 bridgehead atoms. The van der Waals surface area contributed by atoms with Crippen molar-refractivity contribution in [1.82, 2.24) is 15.1 Å². The summed E-state index contributed by atoms with van der Waals surface area (Å²) in [6.45, 7) is 9.84. The Morgan fingerprint density at radius 1 is 1.11 bits per heavy atom. The van der Waals surface area contributed by atoms with Crippen molar-refractivity contribution in [2.24, 2.45) is 0 Å². The van der Waals surface area contributed by atoms with Gasteiger partial charge in [-0.2, -0.15) is 0 Å². The Hall–Kier alpha value is -1.05. The highest BCUT2D eigenvalue weighted by molar-refractivity contribution is 7.11. The number of nitrogens with one attached hydrogen (secondary N) is 1. The number of likely N-dealkylation sites (N-methyl/N-ethyl adjacent to an activating group) is 2. The van der Waals surface area contributed by atoms with E-state index in [1.54, 1.807) is 0 Å². The van der Waals surface area contributed by atoms with Gasteiger partial charge in [-0.3, -0.25) is 14.6 Å². The third-order valence-electron chi connectivity index (χ3n) is 4.57. The smallest absolute Gasteiger partial charge is 0.160 e. The molecule has 1 N–H and O–H groups in total. The van der Waals surface area contributed by atoms with Crippen molar-refractivity contribution < 1.29 is 4.79 Å². The highest BCUT2D eigenvalue weighted by Gasteiger charge is 2.29. The molecule has 0 amide bonds. The number of carbonyl (C=O) groups is 1. The lowest BCUT2D eigenvalue weighted by Gasteiger charge is -2.24. The number of hydrogen-bond donors (Lipinski definition) is 1. The monoisotopic (exact) mass is 409 g/mol. The Bertz CT molecular complexity index is 639. The number of thiophene rings is 2. The lowest BCUT2D eigenvalue weighted by molar-refractivity contribution is 0.112. The van der Waals surface area contributed by atoms with Crippen LogP contribution >= 0.6 is 22.7 Å². The average Bonchev–Trinajstić information content (AvgIpc) is 3.35. The van der Waals surface area contributed by atoms with Crippen molar-refractivity contribution in [1.29, 1.82) is 0 Å². The maximum absolute atomic E-state index is 10.1. The number of nitrogens with zero attached hydrogens (tertiary/aromatic N) is 2. The van der Waals surface area contributed by atoms with Crippen molar-refractivity contribution in [3.63, 3.8) is 0 Å². The summed E-state index contributed by atoms with van der Waals surface area (Å²) in [4.78, 5) is 17.3. The van der Waals surface area contributed by atoms with Gasteiger partial charge in [0.05, 0.1) is 11.0 Å². The first-order valence-corrected chi connectivity index (χ1v) is 11.3. The molecule has 3 rings (SSSR count). The van der Waals surface area contributed by atoms with Gasteiger partial charge >= 0.3 is 0 Å². The summed E-state index contributed by atoms with van der Waals surface area (Å²) in [5.74, 6) is 0. The fourth-order valence-electron chi connectivity index (χ4n) is 2.80. The minimum atomic E-state index is 0.514. The van der Waals surface area contributed by atoms with Crippen molar-refractivity contribution >= 4 is 29.0 Å². The molecular weight excluding hydrogens is 374 g/mol. The summed E-state index contributed by atoms with van der Waals surface area (Å²) < 4.78 is 0. The predicted octanol–water partition coefficient (Wildman–Crippen LogP) is 4.81. The average molecular weight is 410 g/mol. The second kappa shape index (κ2) is 13.2. The maximum atomic E-state index is 10.1. The molecule has 6 heteroatoms. The van der Waals surface area contributed by atoms with E-state index < -0.39 is 0 Å². The highest BCUT2D eigenvalue weighted by Crippen LogP contribution is 2.32. The van der Waals surface area contributed by atoms with Gasteiger partial charge in [0.25, 0.3) is 0 Å². The molecule has 3 heterocycles. The zero-order valence-electron chi connectivity index (χ0n) is 17.6. The molecule has 0 unspecified atom stereocenters. The van der Waals surface area contributed by atoms with Gasteiger partial charge in [0.2, 0.25) is 0 Å². The number of aldehydes is 1. The Balaban J connectivity index is 0.000000224. The normalized spacial score (nSPS) is 15.0. The summed E-state index contributed by atoms with van der Waals surface area (Å²) in [5, 5.41) is 7.17. The molecule has 1 fully saturated rings. The highest BCUT2D eigenvalue weighted by atomic mass is 32.1. The number of rotatable bonds is 5. The molecule has 1 saturated heterocycles. The molecule has 0 atom stereocenters. The van der Waals surface area contributed by atoms with Crippen LogP contribution < -0.4 is 5.32 Å². The number of carbonyl (C=O) groups excluding carboxylic acids is 1. The van der Waals surface area contributed by atoms with Crippen LogP contribution in [0.25, 0.3) is 0 Å². The molecule has 1 aliphatic heterocycles. The van der Waals surface area contributed by atoms with Gasteiger partial charge in [0.15, 0.2) is 6.29 Å². The van der Waals surface area contributed by atoms with E-state index in [1.807, 2.05) is 36.8 Å². The zero-order valence-corrected chi connectivity index (χ0v) is 19.3. The SMILES string of the molecule is CCCCNC.Cc1ccsc1C1N(C)CCN1C.Cc1ccsc1C=O. The van der Waals surface area contributed by atoms with Crippen LogP contribution in [0.2, 0.25) is 0 Å². The van der Waals surface area contributed by atoms with Gasteiger partial charge in [-0.05, 0) is 82.0 Å². The summed E-state index contributed by atoms with van der Waals surface area (Å²) in [6, 6.07) is 4.15. The van der Waals surface area contributed by atoms with Crippen LogP contribution in [0.15, 0.2) is 22.9 Å². The van der Waals surface area contributed by atoms with Crippen LogP contribution in [-0.2, 0) is 0 Å². The molecule has 2 aromatic heterocycles. The Kier molecular flexibility index (Phi) is 11.7. The predicted molar refractivity (Wildman–Crippen MR) is 120 cm³/mol. The van der Waals surface area contributed by atoms with E-state index >= 15 is 0 Å². The summed E-state index contributed by atoms with van der Waals surface area (Å²) >= 11 is 3.35. The number of hydrogen-bond acceptors (Lipinski definition) is 6. The van der Waals surface area contributed by atoms with Gasteiger partial charge in [-0.15, -0.1) is 22.7 Å². The molecule has 0 aliphatic carbocycles. The van der Waals surface area contributed by atoms with E-state index in [0.29, 0.717) is 6.17 Å². The Labute approximate surface area is 173 Å². The molecule has 27 heavy (non-hydrogen) atoms. The molecule has 0 radical (unpaired) electrons. The van der Waals surface area contributed by atoms with Crippen molar-refractivity contribution in [2.75, 3.05) is 40.8 Å². The Morgan fingerprint density at radius 3 is 2.04 bits per heavy atom. The molecule has 0 aromatic carbocycles. The molecule has 2 aromatic rings. The third-order valence-corrected chi connectivity index (χ3v) is 6.57. The maximum Gasteiger partial charge on any atom is 0.160 e. The lowest BCUT2D eigenvalue weighted by atomic mass is 10.2. The number of unbranched alkanes of at least 4 members (excludes halogenated alkanes) is 1. The quantitative estimate of drug-likeness (QED) is 0.568. The minimum Gasteiger partial charge on any atom is -0.320 e. The fraction of sp³-hybridized carbons (Fsp3) is 0.571. The second-order valence-electron chi connectivity index (χ2n) is 6.85. The fourth-order valence-corrected chi connectivity index (χ4v) is 4.69. The van der Waals surface area contributed by atoms with Gasteiger partial charge in [-0.25, -0.2) is 0 Å². The van der Waals surface area contributed by atoms with E-state index in [9.17, 15) is 4.79 Å². The third kappa shape index (κ3) is 7.84. The first kappa shape index (κ1) is 24.0. The van der Waals surface area contributed by atoms with Crippen LogP contribution in [0.5, 0.6) is 0 Å². The summed E-state index contributed by atoms with van der Waals surface area (Å²) in [6.07, 6.45) is 4.00. The summed E-state index contributed by atoms with van der Waals surface area (Å²) in [5.41, 5.74) is 2.50. The van der Waals surface area contributed by atoms with Gasteiger partial charge in [-0.1, -0.05) is 13.3 Å². The van der Waals surface area contributed by atoms with E-state index in [-0.39, 0.29) is 0 Å². The Morgan fingerprint density at radius 2 is 1.70 bits per heavy atom. The summed E-state index contributed by atoms with van der Waals surface area (Å²) in [7, 11) is 6.39. The van der Waals surface area contributed by atoms with E-state index in [1.165, 1.54) is 47.7 Å². The molecule has 0 spiro atoms. The molecule has 1 aliphatic rings. The standard InChI is InChI=1S/C10H16N2S.C6H6OS.C5H13N/c1-8-4-7-13-9(8)10-11(2)5-6-12(10)3;1-5-2-3-8-6(5)4-7;1-3-4-5-6-2/h4,7,10H,5-6H2,1-3H3;2-4H,1H3;6H,3-5H2,1-2H3. The van der Waals surface area contributed by atoms with Crippen LogP contribution in [-0.4, -0.2) is 56.9 Å². The minimum absolute atomic E-state index is 0.514. The molecule has 152 valence electrons. The lowest BCUT2D eigenvalue weighted by Crippen LogP contribution is -2.25. The van der Waals surface area contributed by atoms with Crippen molar-refractivity contribution in [3.05, 3.63) is 43.8 Å². The zero-order chi connectivity index (χ0) is 20.2. The second-order valence-corrected chi connectivity index (χ2v) is 8.74. The molecular formula is C21H35N3OS2. The topological polar surface area (TPSA) is 35.6 Å². The molecule has 4 nitrogen and oxygen atoms in total.